The lowest BCUT2D eigenvalue weighted by atomic mass is 10.3. The first kappa shape index (κ1) is 13.1. The van der Waals surface area contributed by atoms with Crippen LogP contribution in [0, 0.1) is 0 Å². The molecular weight excluding hydrogens is 270 g/mol. The number of aromatic nitrogens is 1. The van der Waals surface area contributed by atoms with Crippen LogP contribution in [0.3, 0.4) is 0 Å². The van der Waals surface area contributed by atoms with Gasteiger partial charge in [-0.05, 0) is 26.0 Å². The average Bonchev–Trinajstić information content (AvgIpc) is 2.70. The fourth-order valence-electron chi connectivity index (χ4n) is 1.52. The molecule has 96 valence electrons. The van der Waals surface area contributed by atoms with E-state index >= 15 is 0 Å². The maximum absolute atomic E-state index is 11.5. The Morgan fingerprint density at radius 1 is 1.50 bits per heavy atom. The first-order chi connectivity index (χ1) is 8.56. The van der Waals surface area contributed by atoms with Crippen LogP contribution in [0.25, 0.3) is 10.2 Å². The number of benzene rings is 1. The van der Waals surface area contributed by atoms with Crippen LogP contribution in [0.15, 0.2) is 18.2 Å². The molecular formula is C12H14ClN3OS. The molecule has 0 saturated heterocycles. The van der Waals surface area contributed by atoms with Crippen molar-refractivity contribution in [1.29, 1.82) is 0 Å². The molecule has 0 aliphatic rings. The maximum atomic E-state index is 11.5. The Kier molecular flexibility index (Phi) is 4.04. The Morgan fingerprint density at radius 3 is 2.94 bits per heavy atom. The van der Waals surface area contributed by atoms with E-state index in [2.05, 4.69) is 15.6 Å². The molecule has 0 radical (unpaired) electrons. The van der Waals surface area contributed by atoms with Crippen molar-refractivity contribution in [3.05, 3.63) is 23.2 Å². The monoisotopic (exact) mass is 283 g/mol. The van der Waals surface area contributed by atoms with Crippen molar-refractivity contribution in [2.24, 2.45) is 0 Å². The Balaban J connectivity index is 2.04. The number of carbonyl (C=O) groups excluding carboxylic acids is 1. The van der Waals surface area contributed by atoms with E-state index in [0.29, 0.717) is 10.2 Å². The minimum absolute atomic E-state index is 0.0460. The zero-order chi connectivity index (χ0) is 13.1. The van der Waals surface area contributed by atoms with Gasteiger partial charge in [0, 0.05) is 6.04 Å². The number of nitrogens with one attached hydrogen (secondary N) is 2. The molecule has 0 bridgehead atoms. The molecule has 18 heavy (non-hydrogen) atoms. The van der Waals surface area contributed by atoms with Gasteiger partial charge in [0.25, 0.3) is 0 Å². The highest BCUT2D eigenvalue weighted by Crippen LogP contribution is 2.31. The van der Waals surface area contributed by atoms with Crippen molar-refractivity contribution in [2.75, 3.05) is 11.9 Å². The minimum Gasteiger partial charge on any atom is -0.352 e. The van der Waals surface area contributed by atoms with E-state index in [-0.39, 0.29) is 18.5 Å². The number of amides is 1. The molecule has 1 amide bonds. The summed E-state index contributed by atoms with van der Waals surface area (Å²) in [5, 5.41) is 7.20. The molecule has 4 nitrogen and oxygen atoms in total. The third-order valence-corrected chi connectivity index (χ3v) is 3.71. The van der Waals surface area contributed by atoms with Crippen molar-refractivity contribution in [3.8, 4) is 0 Å². The minimum atomic E-state index is -0.0460. The lowest BCUT2D eigenvalue weighted by Gasteiger charge is -2.08. The van der Waals surface area contributed by atoms with Crippen LogP contribution in [0.1, 0.15) is 13.8 Å². The Hall–Kier alpha value is -1.33. The third kappa shape index (κ3) is 3.11. The maximum Gasteiger partial charge on any atom is 0.239 e. The fraction of sp³-hybridized carbons (Fsp3) is 0.333. The zero-order valence-electron chi connectivity index (χ0n) is 10.2. The van der Waals surface area contributed by atoms with E-state index in [1.807, 2.05) is 32.0 Å². The molecule has 2 rings (SSSR count). The number of thiazole rings is 1. The van der Waals surface area contributed by atoms with Crippen LogP contribution in [-0.4, -0.2) is 23.5 Å². The van der Waals surface area contributed by atoms with Crippen molar-refractivity contribution in [2.45, 2.75) is 19.9 Å². The molecule has 1 aromatic carbocycles. The van der Waals surface area contributed by atoms with Crippen LogP contribution in [-0.2, 0) is 4.79 Å². The molecule has 2 aromatic rings. The summed E-state index contributed by atoms with van der Waals surface area (Å²) in [6, 6.07) is 5.73. The number of carbonyl (C=O) groups is 1. The first-order valence-corrected chi connectivity index (χ1v) is 6.84. The largest absolute Gasteiger partial charge is 0.352 e. The van der Waals surface area contributed by atoms with Crippen molar-refractivity contribution < 1.29 is 4.79 Å². The number of rotatable bonds is 4. The predicted molar refractivity (Wildman–Crippen MR) is 76.4 cm³/mol. The van der Waals surface area contributed by atoms with E-state index in [4.69, 9.17) is 11.6 Å². The number of hydrogen-bond donors (Lipinski definition) is 2. The molecule has 0 fully saturated rings. The number of nitrogens with zero attached hydrogens (tertiary/aromatic N) is 1. The molecule has 6 heteroatoms. The van der Waals surface area contributed by atoms with Crippen LogP contribution < -0.4 is 10.6 Å². The van der Waals surface area contributed by atoms with Crippen molar-refractivity contribution in [1.82, 2.24) is 10.3 Å². The van der Waals surface area contributed by atoms with Gasteiger partial charge in [0.05, 0.1) is 21.8 Å². The lowest BCUT2D eigenvalue weighted by Crippen LogP contribution is -2.34. The molecule has 0 atom stereocenters. The molecule has 0 saturated carbocycles. The molecule has 2 N–H and O–H groups in total. The second kappa shape index (κ2) is 5.54. The van der Waals surface area contributed by atoms with Gasteiger partial charge in [-0.1, -0.05) is 29.0 Å². The van der Waals surface area contributed by atoms with Crippen LogP contribution >= 0.6 is 22.9 Å². The number of hydrogen-bond acceptors (Lipinski definition) is 4. The Bertz CT molecular complexity index is 567. The van der Waals surface area contributed by atoms with E-state index in [0.717, 1.165) is 10.2 Å². The SMILES string of the molecule is CC(C)NC(=O)CNc1nc2cccc(Cl)c2s1. The summed E-state index contributed by atoms with van der Waals surface area (Å²) in [5.74, 6) is -0.0460. The molecule has 0 aliphatic carbocycles. The normalized spacial score (nSPS) is 10.9. The highest BCUT2D eigenvalue weighted by Gasteiger charge is 2.08. The van der Waals surface area contributed by atoms with Crippen LogP contribution in [0.2, 0.25) is 5.02 Å². The van der Waals surface area contributed by atoms with Crippen LogP contribution in [0.4, 0.5) is 5.13 Å². The number of anilines is 1. The van der Waals surface area contributed by atoms with Crippen molar-refractivity contribution >= 4 is 44.2 Å². The molecule has 1 aromatic heterocycles. The van der Waals surface area contributed by atoms with Gasteiger partial charge in [-0.2, -0.15) is 0 Å². The Labute approximate surface area is 114 Å². The van der Waals surface area contributed by atoms with Gasteiger partial charge in [-0.3, -0.25) is 4.79 Å². The highest BCUT2D eigenvalue weighted by atomic mass is 35.5. The first-order valence-electron chi connectivity index (χ1n) is 5.64. The summed E-state index contributed by atoms with van der Waals surface area (Å²) in [7, 11) is 0. The second-order valence-corrected chi connectivity index (χ2v) is 5.59. The van der Waals surface area contributed by atoms with Gasteiger partial charge in [0.15, 0.2) is 5.13 Å². The zero-order valence-corrected chi connectivity index (χ0v) is 11.7. The third-order valence-electron chi connectivity index (χ3n) is 2.22. The van der Waals surface area contributed by atoms with Gasteiger partial charge < -0.3 is 10.6 Å². The number of halogens is 1. The summed E-state index contributed by atoms with van der Waals surface area (Å²) >= 11 is 7.52. The summed E-state index contributed by atoms with van der Waals surface area (Å²) in [6.07, 6.45) is 0. The summed E-state index contributed by atoms with van der Waals surface area (Å²) < 4.78 is 0.936. The van der Waals surface area contributed by atoms with Crippen molar-refractivity contribution in [3.63, 3.8) is 0 Å². The van der Waals surface area contributed by atoms with E-state index in [1.54, 1.807) is 0 Å². The van der Waals surface area contributed by atoms with E-state index in [1.165, 1.54) is 11.3 Å². The molecule has 0 aliphatic heterocycles. The summed E-state index contributed by atoms with van der Waals surface area (Å²) in [4.78, 5) is 15.9. The van der Waals surface area contributed by atoms with Gasteiger partial charge in [-0.15, -0.1) is 0 Å². The highest BCUT2D eigenvalue weighted by molar-refractivity contribution is 7.22. The van der Waals surface area contributed by atoms with Gasteiger partial charge in [0.1, 0.15) is 0 Å². The predicted octanol–water partition coefficient (Wildman–Crippen LogP) is 2.89. The van der Waals surface area contributed by atoms with Crippen LogP contribution in [0.5, 0.6) is 0 Å². The van der Waals surface area contributed by atoms with Gasteiger partial charge in [-0.25, -0.2) is 4.98 Å². The molecule has 1 heterocycles. The summed E-state index contributed by atoms with van der Waals surface area (Å²) in [6.45, 7) is 4.07. The lowest BCUT2D eigenvalue weighted by molar-refractivity contribution is -0.119. The summed E-state index contributed by atoms with van der Waals surface area (Å²) in [5.41, 5.74) is 0.847. The second-order valence-electron chi connectivity index (χ2n) is 4.18. The van der Waals surface area contributed by atoms with Gasteiger partial charge >= 0.3 is 0 Å². The fourth-order valence-corrected chi connectivity index (χ4v) is 2.67. The Morgan fingerprint density at radius 2 is 2.28 bits per heavy atom. The van der Waals surface area contributed by atoms with E-state index in [9.17, 15) is 4.79 Å². The molecule has 0 spiro atoms. The molecule has 0 unspecified atom stereocenters. The standard InChI is InChI=1S/C12H14ClN3OS/c1-7(2)15-10(17)6-14-12-16-9-5-3-4-8(13)11(9)18-12/h3-5,7H,6H2,1-2H3,(H,14,16)(H,15,17). The van der Waals surface area contributed by atoms with Gasteiger partial charge in [0.2, 0.25) is 5.91 Å². The number of fused-ring (bicyclic) bond motifs is 1. The average molecular weight is 284 g/mol. The van der Waals surface area contributed by atoms with E-state index < -0.39 is 0 Å². The topological polar surface area (TPSA) is 54.0 Å². The quantitative estimate of drug-likeness (QED) is 0.907. The smallest absolute Gasteiger partial charge is 0.239 e.